The maximum absolute atomic E-state index is 12.2. The van der Waals surface area contributed by atoms with Gasteiger partial charge in [-0.1, -0.05) is 60.7 Å². The summed E-state index contributed by atoms with van der Waals surface area (Å²) in [5.74, 6) is -0.429. The van der Waals surface area contributed by atoms with Crippen molar-refractivity contribution >= 4 is 5.97 Å². The number of benzene rings is 2. The van der Waals surface area contributed by atoms with E-state index in [1.807, 2.05) is 67.6 Å². The maximum Gasteiger partial charge on any atom is 0.360 e. The summed E-state index contributed by atoms with van der Waals surface area (Å²) in [5, 5.41) is 3.19. The molecule has 2 aromatic carbocycles. The standard InChI is InChI=1S/C18H17NO3/c1-2-21-13-16-17(20)22-18(19-16,14-9-5-3-6-10-14)15-11-7-4-8-12-15/h3-13,19H,2H2,1H3. The van der Waals surface area contributed by atoms with E-state index in [-0.39, 0.29) is 0 Å². The molecule has 0 amide bonds. The van der Waals surface area contributed by atoms with Crippen LogP contribution in [0.25, 0.3) is 0 Å². The third-order valence-corrected chi connectivity index (χ3v) is 3.50. The topological polar surface area (TPSA) is 47.6 Å². The van der Waals surface area contributed by atoms with Gasteiger partial charge in [-0.2, -0.15) is 0 Å². The number of carbonyl (C=O) groups excluding carboxylic acids is 1. The molecule has 0 aliphatic carbocycles. The molecule has 1 saturated heterocycles. The van der Waals surface area contributed by atoms with Crippen LogP contribution in [0.2, 0.25) is 0 Å². The average Bonchev–Trinajstić information content (AvgIpc) is 2.92. The van der Waals surface area contributed by atoms with Gasteiger partial charge in [-0.3, -0.25) is 0 Å². The number of rotatable bonds is 4. The van der Waals surface area contributed by atoms with Crippen molar-refractivity contribution < 1.29 is 14.3 Å². The number of ether oxygens (including phenoxy) is 2. The van der Waals surface area contributed by atoms with Gasteiger partial charge in [0.05, 0.1) is 6.61 Å². The highest BCUT2D eigenvalue weighted by Crippen LogP contribution is 2.36. The molecule has 3 rings (SSSR count). The van der Waals surface area contributed by atoms with E-state index < -0.39 is 11.7 Å². The van der Waals surface area contributed by atoms with Gasteiger partial charge in [-0.05, 0) is 6.92 Å². The second-order valence-electron chi connectivity index (χ2n) is 4.91. The SMILES string of the molecule is CCOC=C1NC(c2ccccc2)(c2ccccc2)OC1=O. The predicted octanol–water partition coefficient (Wildman–Crippen LogP) is 2.91. The molecule has 1 heterocycles. The molecule has 4 nitrogen and oxygen atoms in total. The molecule has 0 unspecified atom stereocenters. The van der Waals surface area contributed by atoms with Gasteiger partial charge in [0.15, 0.2) is 5.70 Å². The fourth-order valence-electron chi connectivity index (χ4n) is 2.48. The lowest BCUT2D eigenvalue weighted by Gasteiger charge is -2.28. The molecular formula is C18H17NO3. The summed E-state index contributed by atoms with van der Waals surface area (Å²) in [7, 11) is 0. The van der Waals surface area contributed by atoms with E-state index in [0.717, 1.165) is 11.1 Å². The lowest BCUT2D eigenvalue weighted by atomic mass is 9.94. The van der Waals surface area contributed by atoms with Crippen LogP contribution < -0.4 is 5.32 Å². The third kappa shape index (κ3) is 2.44. The van der Waals surface area contributed by atoms with E-state index in [2.05, 4.69) is 5.32 Å². The highest BCUT2D eigenvalue weighted by Gasteiger charge is 2.46. The zero-order chi connectivity index (χ0) is 15.4. The molecule has 1 N–H and O–H groups in total. The summed E-state index contributed by atoms with van der Waals surface area (Å²) in [4.78, 5) is 12.2. The van der Waals surface area contributed by atoms with Crippen molar-refractivity contribution in [2.75, 3.05) is 6.61 Å². The van der Waals surface area contributed by atoms with Crippen LogP contribution in [-0.2, 0) is 20.0 Å². The van der Waals surface area contributed by atoms with Crippen LogP contribution in [0, 0.1) is 0 Å². The van der Waals surface area contributed by atoms with Crippen LogP contribution in [0.15, 0.2) is 72.6 Å². The summed E-state index contributed by atoms with van der Waals surface area (Å²) >= 11 is 0. The zero-order valence-electron chi connectivity index (χ0n) is 12.3. The van der Waals surface area contributed by atoms with Crippen LogP contribution >= 0.6 is 0 Å². The Balaban J connectivity index is 2.09. The lowest BCUT2D eigenvalue weighted by Crippen LogP contribution is -2.38. The number of hydrogen-bond acceptors (Lipinski definition) is 4. The Hall–Kier alpha value is -2.75. The Bertz CT molecular complexity index is 640. The van der Waals surface area contributed by atoms with Crippen molar-refractivity contribution in [1.29, 1.82) is 0 Å². The summed E-state index contributed by atoms with van der Waals surface area (Å²) in [5.41, 5.74) is 1.00. The first-order chi connectivity index (χ1) is 10.8. The minimum atomic E-state index is -1.03. The first-order valence-electron chi connectivity index (χ1n) is 7.20. The number of carbonyl (C=O) groups is 1. The fourth-order valence-corrected chi connectivity index (χ4v) is 2.48. The van der Waals surface area contributed by atoms with E-state index in [4.69, 9.17) is 9.47 Å². The smallest absolute Gasteiger partial charge is 0.360 e. The summed E-state index contributed by atoms with van der Waals surface area (Å²) in [6.45, 7) is 2.35. The monoisotopic (exact) mass is 295 g/mol. The van der Waals surface area contributed by atoms with Crippen LogP contribution in [0.5, 0.6) is 0 Å². The summed E-state index contributed by atoms with van der Waals surface area (Å²) in [6.07, 6.45) is 1.41. The quantitative estimate of drug-likeness (QED) is 0.535. The van der Waals surface area contributed by atoms with E-state index in [1.54, 1.807) is 0 Å². The van der Waals surface area contributed by atoms with Gasteiger partial charge in [0.25, 0.3) is 0 Å². The van der Waals surface area contributed by atoms with Crippen molar-refractivity contribution in [2.45, 2.75) is 12.6 Å². The Morgan fingerprint density at radius 3 is 2.09 bits per heavy atom. The van der Waals surface area contributed by atoms with Gasteiger partial charge in [-0.25, -0.2) is 4.79 Å². The van der Waals surface area contributed by atoms with Crippen molar-refractivity contribution in [1.82, 2.24) is 5.32 Å². The first kappa shape index (κ1) is 14.2. The normalized spacial score (nSPS) is 17.9. The van der Waals surface area contributed by atoms with E-state index in [1.165, 1.54) is 6.26 Å². The predicted molar refractivity (Wildman–Crippen MR) is 82.6 cm³/mol. The van der Waals surface area contributed by atoms with Crippen molar-refractivity contribution in [3.05, 3.63) is 83.7 Å². The highest BCUT2D eigenvalue weighted by atomic mass is 16.6. The van der Waals surface area contributed by atoms with Gasteiger partial charge in [0.1, 0.15) is 6.26 Å². The van der Waals surface area contributed by atoms with E-state index in [0.29, 0.717) is 12.3 Å². The van der Waals surface area contributed by atoms with Crippen molar-refractivity contribution in [2.24, 2.45) is 0 Å². The van der Waals surface area contributed by atoms with Crippen molar-refractivity contribution in [3.8, 4) is 0 Å². The third-order valence-electron chi connectivity index (χ3n) is 3.50. The van der Waals surface area contributed by atoms with E-state index >= 15 is 0 Å². The molecule has 0 aromatic heterocycles. The van der Waals surface area contributed by atoms with Gasteiger partial charge in [0, 0.05) is 11.1 Å². The Labute approximate surface area is 129 Å². The lowest BCUT2D eigenvalue weighted by molar-refractivity contribution is -0.144. The molecule has 0 bridgehead atoms. The fraction of sp³-hybridized carbons (Fsp3) is 0.167. The molecule has 0 atom stereocenters. The molecule has 4 heteroatoms. The molecule has 22 heavy (non-hydrogen) atoms. The zero-order valence-corrected chi connectivity index (χ0v) is 12.3. The largest absolute Gasteiger partial charge is 0.499 e. The van der Waals surface area contributed by atoms with Crippen LogP contribution in [0.3, 0.4) is 0 Å². The number of hydrogen-bond donors (Lipinski definition) is 1. The van der Waals surface area contributed by atoms with E-state index in [9.17, 15) is 4.79 Å². The Kier molecular flexibility index (Phi) is 3.83. The van der Waals surface area contributed by atoms with Gasteiger partial charge >= 0.3 is 5.97 Å². The average molecular weight is 295 g/mol. The van der Waals surface area contributed by atoms with Gasteiger partial charge < -0.3 is 14.8 Å². The van der Waals surface area contributed by atoms with Gasteiger partial charge in [-0.15, -0.1) is 0 Å². The van der Waals surface area contributed by atoms with Crippen molar-refractivity contribution in [3.63, 3.8) is 0 Å². The molecule has 0 radical (unpaired) electrons. The molecule has 1 fully saturated rings. The summed E-state index contributed by atoms with van der Waals surface area (Å²) < 4.78 is 11.0. The first-order valence-corrected chi connectivity index (χ1v) is 7.20. The Morgan fingerprint density at radius 2 is 1.59 bits per heavy atom. The number of cyclic esters (lactones) is 1. The highest BCUT2D eigenvalue weighted by molar-refractivity contribution is 5.90. The Morgan fingerprint density at radius 1 is 1.05 bits per heavy atom. The van der Waals surface area contributed by atoms with Gasteiger partial charge in [0.2, 0.25) is 5.72 Å². The van der Waals surface area contributed by atoms with Crippen LogP contribution in [0.1, 0.15) is 18.1 Å². The molecule has 0 spiro atoms. The minimum Gasteiger partial charge on any atom is -0.499 e. The molecule has 0 saturated carbocycles. The number of nitrogens with one attached hydrogen (secondary N) is 1. The van der Waals surface area contributed by atoms with Crippen LogP contribution in [0.4, 0.5) is 0 Å². The molecule has 112 valence electrons. The molecule has 1 aliphatic rings. The van der Waals surface area contributed by atoms with Crippen LogP contribution in [-0.4, -0.2) is 12.6 Å². The second-order valence-corrected chi connectivity index (χ2v) is 4.91. The summed E-state index contributed by atoms with van der Waals surface area (Å²) in [6, 6.07) is 19.2. The molecule has 2 aromatic rings. The minimum absolute atomic E-state index is 0.314. The molecular weight excluding hydrogens is 278 g/mol. The number of esters is 1. The maximum atomic E-state index is 12.2. The second kappa shape index (κ2) is 5.93. The molecule has 1 aliphatic heterocycles.